The lowest BCUT2D eigenvalue weighted by atomic mass is 10.1. The molecule has 0 bridgehead atoms. The highest BCUT2D eigenvalue weighted by atomic mass is 79.9. The fourth-order valence-corrected chi connectivity index (χ4v) is 4.77. The van der Waals surface area contributed by atoms with Crippen molar-refractivity contribution in [2.75, 3.05) is 18.4 Å². The molecule has 4 rings (SSSR count). The number of amides is 3. The minimum atomic E-state index is -0.908. The SMILES string of the molecule is CC1(C)NC(=O)N(CCNc2ncc(Br)c(-c3cc4cc([N+](=O)[O-])ccc4s3)n2)C1=O. The fraction of sp³-hybridized carbons (Fsp3) is 0.263. The third-order valence-corrected chi connectivity index (χ3v) is 6.45. The number of thiophene rings is 1. The molecule has 1 fully saturated rings. The summed E-state index contributed by atoms with van der Waals surface area (Å²) in [6.45, 7) is 3.78. The largest absolute Gasteiger partial charge is 0.352 e. The number of anilines is 1. The van der Waals surface area contributed by atoms with Crippen LogP contribution in [0.2, 0.25) is 0 Å². The van der Waals surface area contributed by atoms with Crippen molar-refractivity contribution in [2.45, 2.75) is 19.4 Å². The van der Waals surface area contributed by atoms with Gasteiger partial charge in [-0.1, -0.05) is 0 Å². The minimum absolute atomic E-state index is 0.0321. The Morgan fingerprint density at radius 2 is 2.10 bits per heavy atom. The number of carbonyl (C=O) groups excluding carboxylic acids is 2. The molecular weight excluding hydrogens is 488 g/mol. The van der Waals surface area contributed by atoms with Gasteiger partial charge in [-0.15, -0.1) is 11.3 Å². The Kier molecular flexibility index (Phi) is 5.35. The summed E-state index contributed by atoms with van der Waals surface area (Å²) in [5.41, 5.74) is -0.239. The van der Waals surface area contributed by atoms with E-state index in [1.165, 1.54) is 23.5 Å². The van der Waals surface area contributed by atoms with E-state index in [4.69, 9.17) is 0 Å². The van der Waals surface area contributed by atoms with Crippen molar-refractivity contribution in [3.8, 4) is 10.6 Å². The number of imide groups is 1. The van der Waals surface area contributed by atoms with Gasteiger partial charge in [0.2, 0.25) is 5.95 Å². The van der Waals surface area contributed by atoms with Gasteiger partial charge in [-0.3, -0.25) is 19.8 Å². The van der Waals surface area contributed by atoms with Crippen LogP contribution in [-0.2, 0) is 4.79 Å². The third-order valence-electron chi connectivity index (χ3n) is 4.75. The number of halogens is 1. The lowest BCUT2D eigenvalue weighted by Gasteiger charge is -2.16. The smallest absolute Gasteiger partial charge is 0.325 e. The molecule has 0 aliphatic carbocycles. The Hall–Kier alpha value is -3.12. The second-order valence-corrected chi connectivity index (χ2v) is 9.36. The van der Waals surface area contributed by atoms with Crippen molar-refractivity contribution in [1.29, 1.82) is 0 Å². The monoisotopic (exact) mass is 504 g/mol. The highest BCUT2D eigenvalue weighted by molar-refractivity contribution is 9.10. The van der Waals surface area contributed by atoms with Gasteiger partial charge in [-0.25, -0.2) is 14.8 Å². The van der Waals surface area contributed by atoms with Crippen LogP contribution in [-0.4, -0.2) is 50.4 Å². The Bertz CT molecular complexity index is 1230. The number of aromatic nitrogens is 2. The molecule has 1 aliphatic heterocycles. The highest BCUT2D eigenvalue weighted by Crippen LogP contribution is 2.37. The zero-order valence-corrected chi connectivity index (χ0v) is 18.9. The number of carbonyl (C=O) groups is 2. The summed E-state index contributed by atoms with van der Waals surface area (Å²) in [7, 11) is 0. The standard InChI is InChI=1S/C19H17BrN6O4S/c1-19(2)16(27)25(18(28)24-19)6-5-21-17-22-9-12(20)15(23-17)14-8-10-7-11(26(29)30)3-4-13(10)31-14/h3-4,7-9H,5-6H2,1-2H3,(H,24,28)(H,21,22,23). The number of non-ortho nitro benzene ring substituents is 1. The Balaban J connectivity index is 1.51. The van der Waals surface area contributed by atoms with E-state index in [0.29, 0.717) is 16.1 Å². The summed E-state index contributed by atoms with van der Waals surface area (Å²) in [5, 5.41) is 17.4. The lowest BCUT2D eigenvalue weighted by Crippen LogP contribution is -2.40. The molecule has 0 spiro atoms. The van der Waals surface area contributed by atoms with Gasteiger partial charge in [-0.2, -0.15) is 0 Å². The van der Waals surface area contributed by atoms with Crippen LogP contribution in [0.5, 0.6) is 0 Å². The molecule has 12 heteroatoms. The zero-order chi connectivity index (χ0) is 22.3. The first-order valence-corrected chi connectivity index (χ1v) is 10.9. The maximum absolute atomic E-state index is 12.3. The molecule has 2 aromatic heterocycles. The number of nitro benzene ring substituents is 1. The molecule has 0 unspecified atom stereocenters. The molecule has 0 saturated carbocycles. The molecule has 1 saturated heterocycles. The van der Waals surface area contributed by atoms with Crippen molar-refractivity contribution in [1.82, 2.24) is 20.2 Å². The van der Waals surface area contributed by atoms with Crippen LogP contribution >= 0.6 is 27.3 Å². The van der Waals surface area contributed by atoms with Crippen LogP contribution in [0.3, 0.4) is 0 Å². The average Bonchev–Trinajstić information content (AvgIpc) is 3.21. The van der Waals surface area contributed by atoms with Crippen LogP contribution in [0.15, 0.2) is 34.9 Å². The minimum Gasteiger partial charge on any atom is -0.352 e. The number of nitrogens with one attached hydrogen (secondary N) is 2. The van der Waals surface area contributed by atoms with Gasteiger partial charge in [0.05, 0.1) is 14.3 Å². The number of urea groups is 1. The Morgan fingerprint density at radius 3 is 2.77 bits per heavy atom. The van der Waals surface area contributed by atoms with Gasteiger partial charge < -0.3 is 10.6 Å². The lowest BCUT2D eigenvalue weighted by molar-refractivity contribution is -0.384. The number of fused-ring (bicyclic) bond motifs is 1. The fourth-order valence-electron chi connectivity index (χ4n) is 3.19. The summed E-state index contributed by atoms with van der Waals surface area (Å²) >= 11 is 4.91. The molecule has 160 valence electrons. The topological polar surface area (TPSA) is 130 Å². The molecule has 1 aromatic carbocycles. The zero-order valence-electron chi connectivity index (χ0n) is 16.5. The summed E-state index contributed by atoms with van der Waals surface area (Å²) in [6.07, 6.45) is 1.61. The van der Waals surface area contributed by atoms with Crippen molar-refractivity contribution < 1.29 is 14.5 Å². The Labute approximate surface area is 189 Å². The molecule has 10 nitrogen and oxygen atoms in total. The van der Waals surface area contributed by atoms with Crippen molar-refractivity contribution >= 4 is 60.9 Å². The van der Waals surface area contributed by atoms with Crippen LogP contribution in [0, 0.1) is 10.1 Å². The summed E-state index contributed by atoms with van der Waals surface area (Å²) in [4.78, 5) is 45.5. The van der Waals surface area contributed by atoms with Gasteiger partial charge in [0.25, 0.3) is 11.6 Å². The third kappa shape index (κ3) is 4.08. The van der Waals surface area contributed by atoms with Gasteiger partial charge in [0.1, 0.15) is 11.2 Å². The van der Waals surface area contributed by atoms with E-state index in [1.807, 2.05) is 6.07 Å². The van der Waals surface area contributed by atoms with Crippen LogP contribution < -0.4 is 10.6 Å². The number of nitrogens with zero attached hydrogens (tertiary/aromatic N) is 4. The molecule has 1 aliphatic rings. The predicted octanol–water partition coefficient (Wildman–Crippen LogP) is 3.77. The molecule has 3 amide bonds. The average molecular weight is 505 g/mol. The maximum atomic E-state index is 12.3. The number of rotatable bonds is 6. The quantitative estimate of drug-likeness (QED) is 0.296. The molecule has 0 radical (unpaired) electrons. The normalized spacial score (nSPS) is 15.4. The van der Waals surface area contributed by atoms with Crippen LogP contribution in [0.1, 0.15) is 13.8 Å². The second-order valence-electron chi connectivity index (χ2n) is 7.42. The van der Waals surface area contributed by atoms with E-state index < -0.39 is 16.5 Å². The van der Waals surface area contributed by atoms with Crippen LogP contribution in [0.4, 0.5) is 16.4 Å². The van der Waals surface area contributed by atoms with Gasteiger partial charge in [0.15, 0.2) is 0 Å². The summed E-state index contributed by atoms with van der Waals surface area (Å²) in [6, 6.07) is 6.15. The predicted molar refractivity (Wildman–Crippen MR) is 120 cm³/mol. The van der Waals surface area contributed by atoms with E-state index in [9.17, 15) is 19.7 Å². The summed E-state index contributed by atoms with van der Waals surface area (Å²) < 4.78 is 1.58. The van der Waals surface area contributed by atoms with E-state index in [1.54, 1.807) is 26.1 Å². The molecule has 2 N–H and O–H groups in total. The van der Waals surface area contributed by atoms with E-state index >= 15 is 0 Å². The van der Waals surface area contributed by atoms with E-state index in [0.717, 1.165) is 19.9 Å². The molecule has 3 aromatic rings. The number of nitro groups is 1. The first-order chi connectivity index (χ1) is 14.7. The van der Waals surface area contributed by atoms with Crippen LogP contribution in [0.25, 0.3) is 20.7 Å². The molecule has 0 atom stereocenters. The first kappa shape index (κ1) is 21.1. The van der Waals surface area contributed by atoms with Crippen molar-refractivity contribution in [3.05, 3.63) is 45.0 Å². The maximum Gasteiger partial charge on any atom is 0.325 e. The first-order valence-electron chi connectivity index (χ1n) is 9.24. The van der Waals surface area contributed by atoms with Crippen molar-refractivity contribution in [2.24, 2.45) is 0 Å². The van der Waals surface area contributed by atoms with E-state index in [2.05, 4.69) is 36.5 Å². The Morgan fingerprint density at radius 1 is 1.32 bits per heavy atom. The van der Waals surface area contributed by atoms with E-state index in [-0.39, 0.29) is 24.7 Å². The van der Waals surface area contributed by atoms with Gasteiger partial charge in [-0.05, 0) is 47.3 Å². The molecule has 31 heavy (non-hydrogen) atoms. The number of benzene rings is 1. The summed E-state index contributed by atoms with van der Waals surface area (Å²) in [5.74, 6) is 0.0593. The highest BCUT2D eigenvalue weighted by Gasteiger charge is 2.43. The molecular formula is C19H17BrN6O4S. The van der Waals surface area contributed by atoms with Gasteiger partial charge in [0, 0.05) is 36.1 Å². The van der Waals surface area contributed by atoms with Gasteiger partial charge >= 0.3 is 6.03 Å². The molecule has 3 heterocycles. The number of hydrogen-bond donors (Lipinski definition) is 2. The number of hydrogen-bond acceptors (Lipinski definition) is 8. The van der Waals surface area contributed by atoms with Crippen molar-refractivity contribution in [3.63, 3.8) is 0 Å². The second kappa shape index (κ2) is 7.85.